The molecule has 5 rings (SSSR count). The topological polar surface area (TPSA) is 58.4 Å². The van der Waals surface area contributed by atoms with Gasteiger partial charge in [0, 0.05) is 38.2 Å². The van der Waals surface area contributed by atoms with Crippen LogP contribution in [0, 0.1) is 5.92 Å². The van der Waals surface area contributed by atoms with Crippen LogP contribution >= 0.6 is 11.6 Å². The number of nitrogens with one attached hydrogen (secondary N) is 1. The summed E-state index contributed by atoms with van der Waals surface area (Å²) in [5, 5.41) is 11.5. The first-order valence-electron chi connectivity index (χ1n) is 9.97. The molecule has 1 aliphatic carbocycles. The lowest BCUT2D eigenvalue weighted by Gasteiger charge is -2.30. The van der Waals surface area contributed by atoms with Crippen LogP contribution in [0.15, 0.2) is 24.5 Å². The Bertz CT molecular complexity index is 1090. The van der Waals surface area contributed by atoms with Crippen LogP contribution in [0.2, 0.25) is 5.02 Å². The summed E-state index contributed by atoms with van der Waals surface area (Å²) in [7, 11) is 0. The Morgan fingerprint density at radius 3 is 2.57 bits per heavy atom. The third-order valence-electron chi connectivity index (χ3n) is 5.66. The molecule has 2 aromatic heterocycles. The van der Waals surface area contributed by atoms with Crippen LogP contribution in [0.3, 0.4) is 0 Å². The lowest BCUT2D eigenvalue weighted by molar-refractivity contribution is -0.136. The van der Waals surface area contributed by atoms with Crippen LogP contribution in [-0.2, 0) is 12.6 Å². The van der Waals surface area contributed by atoms with Crippen molar-refractivity contribution in [3.8, 4) is 11.3 Å². The van der Waals surface area contributed by atoms with Gasteiger partial charge in [0.25, 0.3) is 0 Å². The minimum Gasteiger partial charge on any atom is -0.368 e. The van der Waals surface area contributed by atoms with E-state index in [1.807, 2.05) is 0 Å². The van der Waals surface area contributed by atoms with Gasteiger partial charge in [-0.25, -0.2) is 4.98 Å². The van der Waals surface area contributed by atoms with Gasteiger partial charge in [-0.2, -0.15) is 13.2 Å². The highest BCUT2D eigenvalue weighted by Crippen LogP contribution is 2.40. The van der Waals surface area contributed by atoms with Crippen molar-refractivity contribution >= 4 is 22.9 Å². The molecule has 158 valence electrons. The molecule has 0 unspecified atom stereocenters. The van der Waals surface area contributed by atoms with Crippen molar-refractivity contribution in [1.29, 1.82) is 0 Å². The van der Waals surface area contributed by atoms with Crippen molar-refractivity contribution in [3.05, 3.63) is 40.9 Å². The van der Waals surface area contributed by atoms with Crippen molar-refractivity contribution in [2.75, 3.05) is 31.1 Å². The van der Waals surface area contributed by atoms with E-state index in [-0.39, 0.29) is 11.3 Å². The Labute approximate surface area is 176 Å². The molecule has 1 aliphatic heterocycles. The summed E-state index contributed by atoms with van der Waals surface area (Å²) >= 11 is 6.46. The number of nitrogens with zero attached hydrogens (tertiary/aromatic N) is 5. The highest BCUT2D eigenvalue weighted by atomic mass is 35.5. The van der Waals surface area contributed by atoms with Crippen molar-refractivity contribution in [1.82, 2.24) is 24.9 Å². The average molecular weight is 437 g/mol. The zero-order valence-electron chi connectivity index (χ0n) is 16.1. The molecule has 0 spiro atoms. The van der Waals surface area contributed by atoms with Gasteiger partial charge in [-0.1, -0.05) is 17.7 Å². The van der Waals surface area contributed by atoms with Crippen molar-refractivity contribution in [2.24, 2.45) is 5.92 Å². The maximum Gasteiger partial charge on any atom is 0.422 e. The molecule has 1 saturated heterocycles. The first-order chi connectivity index (χ1) is 14.4. The molecule has 30 heavy (non-hydrogen) atoms. The highest BCUT2D eigenvalue weighted by Gasteiger charge is 2.39. The van der Waals surface area contributed by atoms with Crippen LogP contribution in [-0.4, -0.2) is 45.8 Å². The van der Waals surface area contributed by atoms with E-state index in [2.05, 4.69) is 25.4 Å². The molecule has 6 nitrogen and oxygen atoms in total. The van der Waals surface area contributed by atoms with Crippen LogP contribution in [0.1, 0.15) is 24.2 Å². The molecular weight excluding hydrogens is 417 g/mol. The predicted molar refractivity (Wildman–Crippen MR) is 108 cm³/mol. The number of halogens is 4. The molecule has 3 aromatic rings. The van der Waals surface area contributed by atoms with Crippen LogP contribution in [0.5, 0.6) is 0 Å². The van der Waals surface area contributed by atoms with E-state index < -0.39 is 11.7 Å². The molecule has 1 saturated carbocycles. The number of hydrogen-bond donors (Lipinski definition) is 1. The van der Waals surface area contributed by atoms with Crippen molar-refractivity contribution in [2.45, 2.75) is 25.4 Å². The average Bonchev–Trinajstić information content (AvgIpc) is 3.45. The quantitative estimate of drug-likeness (QED) is 0.673. The van der Waals surface area contributed by atoms with Gasteiger partial charge >= 0.3 is 6.18 Å². The Hall–Kier alpha value is -2.39. The summed E-state index contributed by atoms with van der Waals surface area (Å²) in [6.07, 6.45) is -0.478. The maximum atomic E-state index is 14.0. The number of piperazine rings is 1. The number of aromatic nitrogens is 4. The van der Waals surface area contributed by atoms with Gasteiger partial charge < -0.3 is 10.2 Å². The summed E-state index contributed by atoms with van der Waals surface area (Å²) in [6, 6.07) is 4.95. The fourth-order valence-electron chi connectivity index (χ4n) is 3.92. The molecule has 0 bridgehead atoms. The molecule has 2 fully saturated rings. The van der Waals surface area contributed by atoms with E-state index in [0.717, 1.165) is 44.7 Å². The molecule has 0 atom stereocenters. The summed E-state index contributed by atoms with van der Waals surface area (Å²) in [5.74, 6) is 0.992. The van der Waals surface area contributed by atoms with E-state index in [9.17, 15) is 13.2 Å². The molecule has 3 heterocycles. The third kappa shape index (κ3) is 3.60. The fourth-order valence-corrected chi connectivity index (χ4v) is 4.22. The van der Waals surface area contributed by atoms with E-state index in [1.165, 1.54) is 10.7 Å². The molecule has 10 heteroatoms. The molecule has 1 N–H and O–H groups in total. The lowest BCUT2D eigenvalue weighted by Crippen LogP contribution is -2.43. The largest absolute Gasteiger partial charge is 0.422 e. The summed E-state index contributed by atoms with van der Waals surface area (Å²) in [6.45, 7) is 3.26. The Balaban J connectivity index is 1.58. The van der Waals surface area contributed by atoms with Gasteiger partial charge in [0.15, 0.2) is 5.65 Å². The second kappa shape index (κ2) is 7.39. The number of hydrogen-bond acceptors (Lipinski definition) is 5. The van der Waals surface area contributed by atoms with E-state index in [0.29, 0.717) is 28.7 Å². The standard InChI is InChI=1S/C20H20ClF3N6/c21-14-10-13(3-4-15(14)29-7-5-25-6-8-29)18-17(20(22,23)24)19-28-27-16(9-12-1-2-12)30(19)11-26-18/h3-4,10-12,25H,1-2,5-9H2. The monoisotopic (exact) mass is 436 g/mol. The van der Waals surface area contributed by atoms with Crippen LogP contribution in [0.25, 0.3) is 16.9 Å². The summed E-state index contributed by atoms with van der Waals surface area (Å²) in [4.78, 5) is 6.29. The highest BCUT2D eigenvalue weighted by molar-refractivity contribution is 6.33. The number of benzene rings is 1. The van der Waals surface area contributed by atoms with E-state index >= 15 is 0 Å². The molecule has 0 radical (unpaired) electrons. The molecule has 0 amide bonds. The van der Waals surface area contributed by atoms with Gasteiger partial charge in [0.2, 0.25) is 0 Å². The SMILES string of the molecule is FC(F)(F)c1c(-c2ccc(N3CCNCC3)c(Cl)c2)ncn2c(CC3CC3)nnc12. The Morgan fingerprint density at radius 1 is 1.13 bits per heavy atom. The lowest BCUT2D eigenvalue weighted by atomic mass is 10.1. The predicted octanol–water partition coefficient (Wildman–Crippen LogP) is 3.83. The number of rotatable bonds is 4. The minimum absolute atomic E-state index is 0.186. The summed E-state index contributed by atoms with van der Waals surface area (Å²) in [5.41, 5.74) is -0.170. The van der Waals surface area contributed by atoms with E-state index in [4.69, 9.17) is 11.6 Å². The van der Waals surface area contributed by atoms with E-state index in [1.54, 1.807) is 18.2 Å². The zero-order valence-corrected chi connectivity index (χ0v) is 16.8. The van der Waals surface area contributed by atoms with Crippen LogP contribution < -0.4 is 10.2 Å². The second-order valence-corrected chi connectivity index (χ2v) is 8.23. The minimum atomic E-state index is -4.63. The zero-order chi connectivity index (χ0) is 20.9. The van der Waals surface area contributed by atoms with Gasteiger partial charge in [-0.05, 0) is 30.9 Å². The molecule has 1 aromatic carbocycles. The van der Waals surface area contributed by atoms with Gasteiger partial charge in [0.05, 0.1) is 16.4 Å². The summed E-state index contributed by atoms with van der Waals surface area (Å²) < 4.78 is 43.5. The second-order valence-electron chi connectivity index (χ2n) is 7.83. The first kappa shape index (κ1) is 19.6. The third-order valence-corrected chi connectivity index (χ3v) is 5.96. The fraction of sp³-hybridized carbons (Fsp3) is 0.450. The first-order valence-corrected chi connectivity index (χ1v) is 10.3. The van der Waals surface area contributed by atoms with Crippen LogP contribution in [0.4, 0.5) is 18.9 Å². The van der Waals surface area contributed by atoms with Crippen molar-refractivity contribution in [3.63, 3.8) is 0 Å². The van der Waals surface area contributed by atoms with Crippen molar-refractivity contribution < 1.29 is 13.2 Å². The number of fused-ring (bicyclic) bond motifs is 1. The maximum absolute atomic E-state index is 14.0. The van der Waals surface area contributed by atoms with Gasteiger partial charge in [0.1, 0.15) is 17.7 Å². The Kier molecular flexibility index (Phi) is 4.82. The normalized spacial score (nSPS) is 17.7. The number of alkyl halides is 3. The smallest absolute Gasteiger partial charge is 0.368 e. The number of anilines is 1. The molecule has 2 aliphatic rings. The molecular formula is C20H20ClF3N6. The Morgan fingerprint density at radius 2 is 1.90 bits per heavy atom. The van der Waals surface area contributed by atoms with Gasteiger partial charge in [-0.3, -0.25) is 4.40 Å². The van der Waals surface area contributed by atoms with Gasteiger partial charge in [-0.15, -0.1) is 10.2 Å².